The monoisotopic (exact) mass is 289 g/mol. The molecule has 1 heterocycles. The van der Waals surface area contributed by atoms with Crippen LogP contribution in [0.2, 0.25) is 0 Å². The molecule has 2 unspecified atom stereocenters. The number of anilines is 1. The summed E-state index contributed by atoms with van der Waals surface area (Å²) in [6.07, 6.45) is 7.17. The molecule has 1 aromatic rings. The first-order valence-corrected chi connectivity index (χ1v) is 7.25. The molecule has 2 aliphatic rings. The normalized spacial score (nSPS) is 29.8. The van der Waals surface area contributed by atoms with Crippen LogP contribution < -0.4 is 5.32 Å². The largest absolute Gasteiger partial charge is 0.481 e. The van der Waals surface area contributed by atoms with Gasteiger partial charge in [-0.25, -0.2) is 0 Å². The molecule has 3 rings (SSSR count). The highest BCUT2D eigenvalue weighted by Gasteiger charge is 2.51. The van der Waals surface area contributed by atoms with E-state index in [0.29, 0.717) is 5.69 Å². The van der Waals surface area contributed by atoms with Crippen LogP contribution in [-0.4, -0.2) is 26.8 Å². The van der Waals surface area contributed by atoms with Gasteiger partial charge in [0, 0.05) is 13.2 Å². The fraction of sp³-hybridized carbons (Fsp3) is 0.533. The number of allylic oxidation sites excluding steroid dienone is 2. The second kappa shape index (κ2) is 5.02. The van der Waals surface area contributed by atoms with Gasteiger partial charge >= 0.3 is 5.97 Å². The molecule has 1 amide bonds. The number of hydrogen-bond donors (Lipinski definition) is 2. The first-order valence-electron chi connectivity index (χ1n) is 7.25. The molecule has 1 aromatic heterocycles. The van der Waals surface area contributed by atoms with Crippen molar-refractivity contribution >= 4 is 17.6 Å². The summed E-state index contributed by atoms with van der Waals surface area (Å²) < 4.78 is 1.66. The van der Waals surface area contributed by atoms with E-state index in [2.05, 4.69) is 10.4 Å². The third kappa shape index (κ3) is 2.24. The van der Waals surface area contributed by atoms with E-state index in [9.17, 15) is 14.7 Å². The lowest BCUT2D eigenvalue weighted by Crippen LogP contribution is -2.36. The van der Waals surface area contributed by atoms with Gasteiger partial charge in [-0.1, -0.05) is 19.1 Å². The Balaban J connectivity index is 1.82. The summed E-state index contributed by atoms with van der Waals surface area (Å²) in [4.78, 5) is 24.0. The number of aliphatic carboxylic acids is 1. The molecule has 6 heteroatoms. The summed E-state index contributed by atoms with van der Waals surface area (Å²) in [5.41, 5.74) is 1.50. The van der Waals surface area contributed by atoms with Crippen molar-refractivity contribution in [3.8, 4) is 0 Å². The summed E-state index contributed by atoms with van der Waals surface area (Å²) in [6, 6.07) is 0. The Labute approximate surface area is 122 Å². The zero-order valence-electron chi connectivity index (χ0n) is 12.1. The number of carboxylic acids is 1. The van der Waals surface area contributed by atoms with Crippen LogP contribution >= 0.6 is 0 Å². The number of amides is 1. The zero-order valence-corrected chi connectivity index (χ0v) is 12.1. The lowest BCUT2D eigenvalue weighted by molar-refractivity contribution is -0.146. The molecule has 6 nitrogen and oxygen atoms in total. The summed E-state index contributed by atoms with van der Waals surface area (Å²) in [6.45, 7) is 1.97. The number of nitrogens with zero attached hydrogens (tertiary/aromatic N) is 2. The number of carbonyl (C=O) groups is 2. The molecule has 0 saturated heterocycles. The Hall–Kier alpha value is -2.11. The number of fused-ring (bicyclic) bond motifs is 2. The standard InChI is InChI=1S/C15H19N3O3/c1-3-10-11(7-18(2)17-10)16-14(19)12-8-4-5-9(6-8)13(12)15(20)21/h4-5,7-9,12-13H,3,6H2,1-2H3,(H,16,19)(H,20,21)/t8?,9?,12-,13+/m0/s1. The minimum atomic E-state index is -0.881. The van der Waals surface area contributed by atoms with E-state index in [-0.39, 0.29) is 17.7 Å². The van der Waals surface area contributed by atoms with E-state index < -0.39 is 17.8 Å². The van der Waals surface area contributed by atoms with Gasteiger partial charge in [-0.3, -0.25) is 14.3 Å². The van der Waals surface area contributed by atoms with Crippen molar-refractivity contribution in [3.05, 3.63) is 24.0 Å². The van der Waals surface area contributed by atoms with E-state index in [1.165, 1.54) is 0 Å². The maximum absolute atomic E-state index is 12.6. The third-order valence-electron chi connectivity index (χ3n) is 4.55. The number of rotatable bonds is 4. The number of nitrogens with one attached hydrogen (secondary N) is 1. The van der Waals surface area contributed by atoms with E-state index in [1.807, 2.05) is 19.1 Å². The van der Waals surface area contributed by atoms with Gasteiger partial charge in [0.1, 0.15) is 0 Å². The van der Waals surface area contributed by atoms with E-state index in [4.69, 9.17) is 0 Å². The fourth-order valence-electron chi connectivity index (χ4n) is 3.63. The number of carbonyl (C=O) groups excluding carboxylic acids is 1. The molecule has 0 radical (unpaired) electrons. The average Bonchev–Trinajstić information content (AvgIpc) is 3.11. The summed E-state index contributed by atoms with van der Waals surface area (Å²) >= 11 is 0. The number of carboxylic acid groups (broad SMARTS) is 1. The van der Waals surface area contributed by atoms with Gasteiger partial charge in [0.25, 0.3) is 0 Å². The minimum Gasteiger partial charge on any atom is -0.481 e. The van der Waals surface area contributed by atoms with Gasteiger partial charge in [0.15, 0.2) is 0 Å². The van der Waals surface area contributed by atoms with Crippen molar-refractivity contribution in [2.24, 2.45) is 30.7 Å². The van der Waals surface area contributed by atoms with Crippen molar-refractivity contribution in [2.75, 3.05) is 5.32 Å². The van der Waals surface area contributed by atoms with Crippen LogP contribution in [0.5, 0.6) is 0 Å². The number of aromatic nitrogens is 2. The van der Waals surface area contributed by atoms with Crippen LogP contribution in [0.4, 0.5) is 5.69 Å². The molecular weight excluding hydrogens is 270 g/mol. The number of aryl methyl sites for hydroxylation is 2. The topological polar surface area (TPSA) is 84.2 Å². The predicted molar refractivity (Wildman–Crippen MR) is 76.6 cm³/mol. The van der Waals surface area contributed by atoms with Crippen molar-refractivity contribution in [1.82, 2.24) is 9.78 Å². The molecule has 2 N–H and O–H groups in total. The van der Waals surface area contributed by atoms with Crippen molar-refractivity contribution in [2.45, 2.75) is 19.8 Å². The highest BCUT2D eigenvalue weighted by atomic mass is 16.4. The Kier molecular flexibility index (Phi) is 3.31. The molecule has 0 spiro atoms. The van der Waals surface area contributed by atoms with E-state index in [0.717, 1.165) is 18.5 Å². The first kappa shape index (κ1) is 13.9. The van der Waals surface area contributed by atoms with Gasteiger partial charge in [-0.2, -0.15) is 5.10 Å². The maximum Gasteiger partial charge on any atom is 0.307 e. The van der Waals surface area contributed by atoms with Gasteiger partial charge in [-0.05, 0) is 24.7 Å². The molecule has 0 aromatic carbocycles. The molecule has 1 saturated carbocycles. The van der Waals surface area contributed by atoms with Crippen LogP contribution in [0.1, 0.15) is 19.0 Å². The van der Waals surface area contributed by atoms with E-state index >= 15 is 0 Å². The summed E-state index contributed by atoms with van der Waals surface area (Å²) in [5, 5.41) is 16.6. The van der Waals surface area contributed by atoms with Crippen molar-refractivity contribution < 1.29 is 14.7 Å². The van der Waals surface area contributed by atoms with Crippen LogP contribution in [0.15, 0.2) is 18.3 Å². The van der Waals surface area contributed by atoms with Gasteiger partial charge in [-0.15, -0.1) is 0 Å². The Morgan fingerprint density at radius 3 is 2.67 bits per heavy atom. The minimum absolute atomic E-state index is 0.0113. The Morgan fingerprint density at radius 2 is 2.05 bits per heavy atom. The lowest BCUT2D eigenvalue weighted by Gasteiger charge is -2.23. The summed E-state index contributed by atoms with van der Waals surface area (Å²) in [5.74, 6) is -2.15. The van der Waals surface area contributed by atoms with Gasteiger partial charge in [0.2, 0.25) is 5.91 Å². The Bertz CT molecular complexity index is 620. The summed E-state index contributed by atoms with van der Waals surface area (Å²) in [7, 11) is 1.80. The third-order valence-corrected chi connectivity index (χ3v) is 4.55. The highest BCUT2D eigenvalue weighted by Crippen LogP contribution is 2.48. The molecule has 21 heavy (non-hydrogen) atoms. The molecule has 4 atom stereocenters. The lowest BCUT2D eigenvalue weighted by atomic mass is 9.82. The highest BCUT2D eigenvalue weighted by molar-refractivity contribution is 5.96. The molecular formula is C15H19N3O3. The first-order chi connectivity index (χ1) is 10.0. The molecule has 2 aliphatic carbocycles. The van der Waals surface area contributed by atoms with Crippen LogP contribution in [-0.2, 0) is 23.1 Å². The smallest absolute Gasteiger partial charge is 0.307 e. The Morgan fingerprint density at radius 1 is 1.38 bits per heavy atom. The second-order valence-corrected chi connectivity index (χ2v) is 5.84. The van der Waals surface area contributed by atoms with Crippen molar-refractivity contribution in [1.29, 1.82) is 0 Å². The second-order valence-electron chi connectivity index (χ2n) is 5.84. The SMILES string of the molecule is CCc1nn(C)cc1NC(=O)[C@H]1C2C=CC(C2)[C@H]1C(=O)O. The maximum atomic E-state index is 12.6. The quantitative estimate of drug-likeness (QED) is 0.822. The fourth-order valence-corrected chi connectivity index (χ4v) is 3.63. The predicted octanol–water partition coefficient (Wildman–Crippen LogP) is 1.44. The van der Waals surface area contributed by atoms with Crippen LogP contribution in [0.25, 0.3) is 0 Å². The molecule has 1 fully saturated rings. The molecule has 2 bridgehead atoms. The molecule has 0 aliphatic heterocycles. The van der Waals surface area contributed by atoms with Crippen LogP contribution in [0.3, 0.4) is 0 Å². The van der Waals surface area contributed by atoms with Gasteiger partial charge in [0.05, 0.1) is 23.2 Å². The van der Waals surface area contributed by atoms with Crippen LogP contribution in [0, 0.1) is 23.7 Å². The van der Waals surface area contributed by atoms with Crippen molar-refractivity contribution in [3.63, 3.8) is 0 Å². The average molecular weight is 289 g/mol. The molecule has 112 valence electrons. The number of hydrogen-bond acceptors (Lipinski definition) is 3. The zero-order chi connectivity index (χ0) is 15.1. The van der Waals surface area contributed by atoms with E-state index in [1.54, 1.807) is 17.9 Å². The van der Waals surface area contributed by atoms with Gasteiger partial charge < -0.3 is 10.4 Å².